The molecule has 0 radical (unpaired) electrons. The molecule has 2 heterocycles. The first kappa shape index (κ1) is 14.4. The summed E-state index contributed by atoms with van der Waals surface area (Å²) in [6, 6.07) is 0. The normalized spacial score (nSPS) is 20.6. The second-order valence-corrected chi connectivity index (χ2v) is 7.10. The zero-order chi connectivity index (χ0) is 14.3. The number of aryl methyl sites for hydroxylation is 1. The molecule has 0 unspecified atom stereocenters. The Kier molecular flexibility index (Phi) is 3.69. The lowest BCUT2D eigenvalue weighted by Gasteiger charge is -2.37. The van der Waals surface area contributed by atoms with Gasteiger partial charge in [0.25, 0.3) is 0 Å². The van der Waals surface area contributed by atoms with Crippen LogP contribution < -0.4 is 0 Å². The number of nitrogens with one attached hydrogen (secondary N) is 1. The summed E-state index contributed by atoms with van der Waals surface area (Å²) < 4.78 is 32.2. The average molecular weight is 289 g/mol. The summed E-state index contributed by atoms with van der Waals surface area (Å²) in [6.45, 7) is 5.87. The molecule has 1 fully saturated rings. The molecule has 0 spiro atoms. The van der Waals surface area contributed by atoms with E-state index in [1.165, 1.54) is 4.31 Å². The molecule has 0 bridgehead atoms. The van der Waals surface area contributed by atoms with Gasteiger partial charge in [-0.3, -0.25) is 5.10 Å². The van der Waals surface area contributed by atoms with Crippen LogP contribution in [0.2, 0.25) is 0 Å². The van der Waals surface area contributed by atoms with Gasteiger partial charge in [0, 0.05) is 13.1 Å². The second-order valence-electron chi connectivity index (χ2n) is 5.23. The van der Waals surface area contributed by atoms with Crippen LogP contribution in [0.15, 0.2) is 4.90 Å². The fourth-order valence-electron chi connectivity index (χ4n) is 2.23. The lowest BCUT2D eigenvalue weighted by molar-refractivity contribution is -0.0640. The lowest BCUT2D eigenvalue weighted by atomic mass is 10.1. The Balaban J connectivity index is 2.39. The summed E-state index contributed by atoms with van der Waals surface area (Å²) in [5, 5.41) is 15.6. The van der Waals surface area contributed by atoms with Crippen molar-refractivity contribution in [1.82, 2.24) is 14.5 Å². The minimum Gasteiger partial charge on any atom is -0.390 e. The number of morpholine rings is 1. The molecule has 108 valence electrons. The molecule has 1 aliphatic rings. The molecule has 0 aliphatic carbocycles. The second kappa shape index (κ2) is 4.86. The minimum atomic E-state index is -3.66. The number of aromatic nitrogens is 2. The standard InChI is InChI=1S/C11H19N3O4S/c1-8-10(9(6-15)13-12-8)19(16,17)14-4-5-18-11(2,3)7-14/h15H,4-7H2,1-3H3,(H,12,13). The third kappa shape index (κ3) is 2.66. The van der Waals surface area contributed by atoms with E-state index in [2.05, 4.69) is 10.2 Å². The number of aliphatic hydroxyl groups excluding tert-OH is 1. The number of nitrogens with zero attached hydrogens (tertiary/aromatic N) is 2. The summed E-state index contributed by atoms with van der Waals surface area (Å²) in [6.07, 6.45) is 0. The first-order valence-corrected chi connectivity index (χ1v) is 7.51. The van der Waals surface area contributed by atoms with E-state index in [-0.39, 0.29) is 17.1 Å². The van der Waals surface area contributed by atoms with Gasteiger partial charge in [-0.15, -0.1) is 0 Å². The van der Waals surface area contributed by atoms with Crippen LogP contribution in [0, 0.1) is 6.92 Å². The highest BCUT2D eigenvalue weighted by Gasteiger charge is 2.37. The van der Waals surface area contributed by atoms with Crippen LogP contribution in [0.5, 0.6) is 0 Å². The van der Waals surface area contributed by atoms with Gasteiger partial charge >= 0.3 is 0 Å². The SMILES string of the molecule is Cc1[nH]nc(CO)c1S(=O)(=O)N1CCOC(C)(C)C1. The summed E-state index contributed by atoms with van der Waals surface area (Å²) in [4.78, 5) is 0.0766. The first-order valence-electron chi connectivity index (χ1n) is 6.07. The van der Waals surface area contributed by atoms with Crippen LogP contribution in [0.1, 0.15) is 25.2 Å². The maximum absolute atomic E-state index is 12.6. The molecule has 8 heteroatoms. The van der Waals surface area contributed by atoms with Gasteiger partial charge in [0.15, 0.2) is 0 Å². The van der Waals surface area contributed by atoms with E-state index in [0.717, 1.165) is 0 Å². The molecule has 19 heavy (non-hydrogen) atoms. The van der Waals surface area contributed by atoms with Crippen molar-refractivity contribution in [3.05, 3.63) is 11.4 Å². The number of hydrogen-bond donors (Lipinski definition) is 2. The van der Waals surface area contributed by atoms with Crippen LogP contribution in [-0.2, 0) is 21.4 Å². The molecule has 0 amide bonds. The first-order chi connectivity index (χ1) is 8.78. The van der Waals surface area contributed by atoms with Gasteiger partial charge < -0.3 is 9.84 Å². The fourth-order valence-corrected chi connectivity index (χ4v) is 4.12. The fraction of sp³-hybridized carbons (Fsp3) is 0.727. The highest BCUT2D eigenvalue weighted by atomic mass is 32.2. The third-order valence-corrected chi connectivity index (χ3v) is 5.15. The molecule has 2 rings (SSSR count). The average Bonchev–Trinajstić information content (AvgIpc) is 2.69. The number of hydrogen-bond acceptors (Lipinski definition) is 5. The van der Waals surface area contributed by atoms with Crippen LogP contribution in [0.3, 0.4) is 0 Å². The molecular weight excluding hydrogens is 270 g/mol. The number of aromatic amines is 1. The Labute approximate surface area is 112 Å². The molecule has 0 aromatic carbocycles. The van der Waals surface area contributed by atoms with Gasteiger partial charge in [0.05, 0.1) is 24.5 Å². The molecule has 7 nitrogen and oxygen atoms in total. The van der Waals surface area contributed by atoms with Crippen molar-refractivity contribution in [3.8, 4) is 0 Å². The molecule has 1 aromatic rings. The predicted molar refractivity (Wildman–Crippen MR) is 68.0 cm³/mol. The Hall–Kier alpha value is -0.960. The minimum absolute atomic E-state index is 0.0766. The van der Waals surface area contributed by atoms with E-state index in [9.17, 15) is 13.5 Å². The van der Waals surface area contributed by atoms with Gasteiger partial charge in [-0.05, 0) is 20.8 Å². The van der Waals surface area contributed by atoms with Crippen molar-refractivity contribution in [2.75, 3.05) is 19.7 Å². The number of H-pyrrole nitrogens is 1. The van der Waals surface area contributed by atoms with Crippen molar-refractivity contribution in [3.63, 3.8) is 0 Å². The van der Waals surface area contributed by atoms with Crippen molar-refractivity contribution in [2.45, 2.75) is 37.9 Å². The lowest BCUT2D eigenvalue weighted by Crippen LogP contribution is -2.50. The third-order valence-electron chi connectivity index (χ3n) is 3.10. The molecule has 0 saturated carbocycles. The van der Waals surface area contributed by atoms with E-state index >= 15 is 0 Å². The number of ether oxygens (including phenoxy) is 1. The van der Waals surface area contributed by atoms with Crippen LogP contribution >= 0.6 is 0 Å². The number of rotatable bonds is 3. The van der Waals surface area contributed by atoms with E-state index in [0.29, 0.717) is 18.8 Å². The van der Waals surface area contributed by atoms with Crippen LogP contribution in [0.25, 0.3) is 0 Å². The van der Waals surface area contributed by atoms with Crippen LogP contribution in [0.4, 0.5) is 0 Å². The summed E-state index contributed by atoms with van der Waals surface area (Å²) in [5.41, 5.74) is 0.0812. The zero-order valence-electron chi connectivity index (χ0n) is 11.3. The van der Waals surface area contributed by atoms with E-state index < -0.39 is 22.2 Å². The maximum atomic E-state index is 12.6. The molecule has 1 aliphatic heterocycles. The number of aliphatic hydroxyl groups is 1. The Bertz CT molecular complexity index is 564. The Morgan fingerprint density at radius 3 is 2.79 bits per heavy atom. The highest BCUT2D eigenvalue weighted by Crippen LogP contribution is 2.26. The van der Waals surface area contributed by atoms with Gasteiger partial charge in [-0.2, -0.15) is 9.40 Å². The van der Waals surface area contributed by atoms with Gasteiger partial charge in [0.1, 0.15) is 10.6 Å². The topological polar surface area (TPSA) is 95.5 Å². The quantitative estimate of drug-likeness (QED) is 0.817. The predicted octanol–water partition coefficient (Wildman–Crippen LogP) is 0.00992. The van der Waals surface area contributed by atoms with E-state index in [1.807, 2.05) is 13.8 Å². The van der Waals surface area contributed by atoms with Crippen molar-refractivity contribution in [2.24, 2.45) is 0 Å². The molecule has 0 atom stereocenters. The molecule has 2 N–H and O–H groups in total. The highest BCUT2D eigenvalue weighted by molar-refractivity contribution is 7.89. The van der Waals surface area contributed by atoms with Gasteiger partial charge in [-0.1, -0.05) is 0 Å². The van der Waals surface area contributed by atoms with E-state index in [4.69, 9.17) is 4.74 Å². The zero-order valence-corrected chi connectivity index (χ0v) is 12.1. The molecular formula is C11H19N3O4S. The van der Waals surface area contributed by atoms with Crippen molar-refractivity contribution < 1.29 is 18.3 Å². The Morgan fingerprint density at radius 2 is 2.21 bits per heavy atom. The largest absolute Gasteiger partial charge is 0.390 e. The van der Waals surface area contributed by atoms with Crippen molar-refractivity contribution in [1.29, 1.82) is 0 Å². The smallest absolute Gasteiger partial charge is 0.247 e. The summed E-state index contributed by atoms with van der Waals surface area (Å²) >= 11 is 0. The molecule has 1 aromatic heterocycles. The Morgan fingerprint density at radius 1 is 1.53 bits per heavy atom. The van der Waals surface area contributed by atoms with Gasteiger partial charge in [0.2, 0.25) is 10.0 Å². The maximum Gasteiger partial charge on any atom is 0.247 e. The van der Waals surface area contributed by atoms with E-state index in [1.54, 1.807) is 6.92 Å². The van der Waals surface area contributed by atoms with Crippen LogP contribution in [-0.4, -0.2) is 53.3 Å². The summed E-state index contributed by atoms with van der Waals surface area (Å²) in [7, 11) is -3.66. The number of sulfonamides is 1. The summed E-state index contributed by atoms with van der Waals surface area (Å²) in [5.74, 6) is 0. The van der Waals surface area contributed by atoms with Crippen molar-refractivity contribution >= 4 is 10.0 Å². The van der Waals surface area contributed by atoms with Gasteiger partial charge in [-0.25, -0.2) is 8.42 Å². The monoisotopic (exact) mass is 289 g/mol. The molecule has 1 saturated heterocycles.